The first-order valence-corrected chi connectivity index (χ1v) is 6.43. The average Bonchev–Trinajstić information content (AvgIpc) is 3.01. The van der Waals surface area contributed by atoms with Crippen LogP contribution in [0.15, 0.2) is 6.20 Å². The lowest BCUT2D eigenvalue weighted by Crippen LogP contribution is -2.27. The number of aromatic nitrogens is 3. The quantitative estimate of drug-likeness (QED) is 0.594. The molecule has 0 aromatic carbocycles. The smallest absolute Gasteiger partial charge is 0.303 e. The van der Waals surface area contributed by atoms with Crippen molar-refractivity contribution in [1.82, 2.24) is 15.0 Å². The molecule has 1 aliphatic carbocycles. The Morgan fingerprint density at radius 3 is 2.75 bits per heavy atom. The molecule has 0 radical (unpaired) electrons. The molecule has 1 aliphatic rings. The first-order chi connectivity index (χ1) is 9.49. The molecule has 2 rings (SSSR count). The minimum atomic E-state index is -0.711. The lowest BCUT2D eigenvalue weighted by atomic mass is 9.88. The molecular weight excluding hydrogens is 266 g/mol. The van der Waals surface area contributed by atoms with E-state index in [1.165, 1.54) is 11.6 Å². The maximum Gasteiger partial charge on any atom is 0.303 e. The molecule has 8 heteroatoms. The summed E-state index contributed by atoms with van der Waals surface area (Å²) in [6, 6.07) is -0.354. The highest BCUT2D eigenvalue weighted by Crippen LogP contribution is 2.43. The summed E-state index contributed by atoms with van der Waals surface area (Å²) in [6.07, 6.45) is 1.61. The van der Waals surface area contributed by atoms with Gasteiger partial charge in [0.25, 0.3) is 0 Å². The van der Waals surface area contributed by atoms with E-state index in [9.17, 15) is 20.1 Å². The van der Waals surface area contributed by atoms with Crippen LogP contribution in [0.25, 0.3) is 0 Å². The predicted molar refractivity (Wildman–Crippen MR) is 66.4 cm³/mol. The molecule has 112 valence electrons. The molecule has 1 aromatic heterocycles. The van der Waals surface area contributed by atoms with Crippen LogP contribution in [0.4, 0.5) is 0 Å². The second-order valence-electron chi connectivity index (χ2n) is 5.33. The first kappa shape index (κ1) is 14.9. The van der Waals surface area contributed by atoms with Crippen molar-refractivity contribution in [3.63, 3.8) is 0 Å². The Labute approximate surface area is 116 Å². The normalized spacial score (nSPS) is 24.8. The van der Waals surface area contributed by atoms with Crippen molar-refractivity contribution in [3.8, 4) is 0 Å². The summed E-state index contributed by atoms with van der Waals surface area (Å²) in [4.78, 5) is 10.7. The van der Waals surface area contributed by atoms with Crippen LogP contribution in [0, 0.1) is 5.41 Å². The van der Waals surface area contributed by atoms with Crippen LogP contribution >= 0.6 is 0 Å². The van der Waals surface area contributed by atoms with E-state index in [0.717, 1.165) is 0 Å². The van der Waals surface area contributed by atoms with Crippen molar-refractivity contribution in [2.45, 2.75) is 38.5 Å². The van der Waals surface area contributed by atoms with Crippen LogP contribution < -0.4 is 0 Å². The van der Waals surface area contributed by atoms with E-state index in [1.807, 2.05) is 0 Å². The van der Waals surface area contributed by atoms with Crippen LogP contribution in [0.5, 0.6) is 0 Å². The molecule has 1 aromatic rings. The Bertz CT molecular complexity index is 471. The molecule has 0 bridgehead atoms. The monoisotopic (exact) mass is 285 g/mol. The molecular formula is C12H19N3O5. The molecule has 2 atom stereocenters. The van der Waals surface area contributed by atoms with Crippen LogP contribution in [0.1, 0.15) is 31.5 Å². The number of hydrogen-bond donors (Lipinski definition) is 3. The van der Waals surface area contributed by atoms with Gasteiger partial charge in [-0.05, 0) is 12.8 Å². The first-order valence-electron chi connectivity index (χ1n) is 6.43. The van der Waals surface area contributed by atoms with Crippen LogP contribution in [-0.2, 0) is 16.1 Å². The van der Waals surface area contributed by atoms with E-state index in [0.29, 0.717) is 18.5 Å². The van der Waals surface area contributed by atoms with E-state index < -0.39 is 17.5 Å². The largest absolute Gasteiger partial charge is 0.459 e. The third-order valence-corrected chi connectivity index (χ3v) is 3.72. The van der Waals surface area contributed by atoms with Crippen molar-refractivity contribution in [1.29, 1.82) is 0 Å². The van der Waals surface area contributed by atoms with Gasteiger partial charge in [0.15, 0.2) is 0 Å². The van der Waals surface area contributed by atoms with Crippen molar-refractivity contribution < 1.29 is 24.9 Å². The summed E-state index contributed by atoms with van der Waals surface area (Å²) in [5, 5.41) is 36.6. The van der Waals surface area contributed by atoms with E-state index in [2.05, 4.69) is 10.3 Å². The van der Waals surface area contributed by atoms with Crippen molar-refractivity contribution in [3.05, 3.63) is 11.9 Å². The minimum Gasteiger partial charge on any atom is -0.459 e. The van der Waals surface area contributed by atoms with Gasteiger partial charge < -0.3 is 20.1 Å². The molecule has 0 amide bonds. The number of carbonyl (C=O) groups is 1. The van der Waals surface area contributed by atoms with Gasteiger partial charge in [-0.25, -0.2) is 4.68 Å². The Hall–Kier alpha value is -1.51. The summed E-state index contributed by atoms with van der Waals surface area (Å²) in [6.45, 7) is 0.962. The van der Waals surface area contributed by atoms with Crippen molar-refractivity contribution in [2.75, 3.05) is 13.2 Å². The predicted octanol–water partition coefficient (Wildman–Crippen LogP) is -0.992. The maximum atomic E-state index is 10.7. The zero-order valence-electron chi connectivity index (χ0n) is 11.3. The molecule has 0 saturated heterocycles. The van der Waals surface area contributed by atoms with Crippen LogP contribution in [0.2, 0.25) is 0 Å². The SMILES string of the molecule is CC(=O)OCc1cn([C@H]2CC(CO)(CO)C[C@@H]2O)nn1. The number of esters is 1. The molecule has 20 heavy (non-hydrogen) atoms. The second kappa shape index (κ2) is 5.86. The number of rotatable bonds is 5. The highest BCUT2D eigenvalue weighted by atomic mass is 16.5. The fraction of sp³-hybridized carbons (Fsp3) is 0.750. The van der Waals surface area contributed by atoms with Crippen LogP contribution in [-0.4, -0.2) is 55.6 Å². The number of ether oxygens (including phenoxy) is 1. The molecule has 1 heterocycles. The fourth-order valence-electron chi connectivity index (χ4n) is 2.54. The van der Waals surface area contributed by atoms with Gasteiger partial charge in [-0.15, -0.1) is 5.10 Å². The van der Waals surface area contributed by atoms with Gasteiger partial charge in [0, 0.05) is 12.3 Å². The standard InChI is InChI=1S/C12H19N3O5/c1-8(18)20-5-9-4-15(14-13-9)10-2-12(6-16,7-17)3-11(10)19/h4,10-11,16-17,19H,2-3,5-7H2,1H3/t10-,11-/m0/s1. The number of aliphatic hydroxyl groups is 3. The number of nitrogens with zero attached hydrogens (tertiary/aromatic N) is 3. The second-order valence-corrected chi connectivity index (χ2v) is 5.33. The van der Waals surface area contributed by atoms with Gasteiger partial charge >= 0.3 is 5.97 Å². The summed E-state index contributed by atoms with van der Waals surface area (Å²) in [7, 11) is 0. The zero-order chi connectivity index (χ0) is 14.8. The Morgan fingerprint density at radius 2 is 2.20 bits per heavy atom. The van der Waals surface area contributed by atoms with Gasteiger partial charge in [-0.3, -0.25) is 4.79 Å². The Balaban J connectivity index is 2.06. The van der Waals surface area contributed by atoms with E-state index >= 15 is 0 Å². The number of aliphatic hydroxyl groups excluding tert-OH is 3. The van der Waals surface area contributed by atoms with Gasteiger partial charge in [0.05, 0.1) is 31.6 Å². The van der Waals surface area contributed by atoms with E-state index in [1.54, 1.807) is 6.20 Å². The van der Waals surface area contributed by atoms with E-state index in [4.69, 9.17) is 4.74 Å². The molecule has 8 nitrogen and oxygen atoms in total. The highest BCUT2D eigenvalue weighted by Gasteiger charge is 2.45. The van der Waals surface area contributed by atoms with Crippen molar-refractivity contribution >= 4 is 5.97 Å². The molecule has 0 spiro atoms. The molecule has 3 N–H and O–H groups in total. The van der Waals surface area contributed by atoms with Gasteiger partial charge in [-0.1, -0.05) is 5.21 Å². The number of carbonyl (C=O) groups excluding carboxylic acids is 1. The minimum absolute atomic E-state index is 0.0310. The van der Waals surface area contributed by atoms with Gasteiger partial charge in [-0.2, -0.15) is 0 Å². The third kappa shape index (κ3) is 2.97. The van der Waals surface area contributed by atoms with Gasteiger partial charge in [0.2, 0.25) is 0 Å². The maximum absolute atomic E-state index is 10.7. The van der Waals surface area contributed by atoms with Gasteiger partial charge in [0.1, 0.15) is 12.3 Å². The molecule has 0 aliphatic heterocycles. The summed E-state index contributed by atoms with van der Waals surface area (Å²) < 4.78 is 6.31. The van der Waals surface area contributed by atoms with E-state index in [-0.39, 0.29) is 25.9 Å². The molecule has 1 saturated carbocycles. The fourth-order valence-corrected chi connectivity index (χ4v) is 2.54. The Kier molecular flexibility index (Phi) is 4.36. The summed E-state index contributed by atoms with van der Waals surface area (Å²) >= 11 is 0. The molecule has 1 fully saturated rings. The molecule has 0 unspecified atom stereocenters. The highest BCUT2D eigenvalue weighted by molar-refractivity contribution is 5.65. The van der Waals surface area contributed by atoms with Crippen LogP contribution in [0.3, 0.4) is 0 Å². The topological polar surface area (TPSA) is 118 Å². The third-order valence-electron chi connectivity index (χ3n) is 3.72. The zero-order valence-corrected chi connectivity index (χ0v) is 11.3. The Morgan fingerprint density at radius 1 is 1.50 bits per heavy atom. The number of hydrogen-bond acceptors (Lipinski definition) is 7. The van der Waals surface area contributed by atoms with Crippen molar-refractivity contribution in [2.24, 2.45) is 5.41 Å². The lowest BCUT2D eigenvalue weighted by molar-refractivity contribution is -0.142. The average molecular weight is 285 g/mol. The summed E-state index contributed by atoms with van der Waals surface area (Å²) in [5.74, 6) is -0.403. The summed E-state index contributed by atoms with van der Waals surface area (Å²) in [5.41, 5.74) is -0.204. The lowest BCUT2D eigenvalue weighted by Gasteiger charge is -2.23.